The molecule has 0 saturated heterocycles. The molecule has 0 fully saturated rings. The summed E-state index contributed by atoms with van der Waals surface area (Å²) in [5.41, 5.74) is 1.42. The van der Waals surface area contributed by atoms with E-state index in [1.165, 1.54) is 41.2 Å². The number of carbonyl (C=O) groups is 1. The highest BCUT2D eigenvalue weighted by Crippen LogP contribution is 2.27. The molecule has 3 aromatic carbocycles. The van der Waals surface area contributed by atoms with E-state index < -0.39 is 35.1 Å². The van der Waals surface area contributed by atoms with Gasteiger partial charge in [-0.25, -0.2) is 31.4 Å². The second-order valence-corrected chi connectivity index (χ2v) is 7.04. The second kappa shape index (κ2) is 8.73. The molecule has 1 heterocycles. The highest BCUT2D eigenvalue weighted by molar-refractivity contribution is 5.87. The summed E-state index contributed by atoms with van der Waals surface area (Å²) in [6, 6.07) is 10.5. The minimum Gasteiger partial charge on any atom is -0.478 e. The van der Waals surface area contributed by atoms with Crippen LogP contribution in [0.5, 0.6) is 0 Å². The molecule has 0 bridgehead atoms. The van der Waals surface area contributed by atoms with E-state index in [0.717, 1.165) is 24.3 Å². The first-order valence-corrected chi connectivity index (χ1v) is 9.49. The average molecular weight is 459 g/mol. The third-order valence-electron chi connectivity index (χ3n) is 4.83. The van der Waals surface area contributed by atoms with Crippen LogP contribution in [0.3, 0.4) is 0 Å². The topological polar surface area (TPSA) is 67.2 Å². The summed E-state index contributed by atoms with van der Waals surface area (Å²) in [6.07, 6.45) is 1.54. The van der Waals surface area contributed by atoms with E-state index >= 15 is 0 Å². The number of aromatic nitrogens is 2. The zero-order valence-electron chi connectivity index (χ0n) is 16.6. The number of hydrogen-bond donors (Lipinski definition) is 2. The van der Waals surface area contributed by atoms with Gasteiger partial charge in [0.1, 0.15) is 0 Å². The first-order valence-electron chi connectivity index (χ1n) is 9.49. The van der Waals surface area contributed by atoms with Crippen LogP contribution in [-0.2, 0) is 6.54 Å². The summed E-state index contributed by atoms with van der Waals surface area (Å²) < 4.78 is 68.9. The Morgan fingerprint density at radius 3 is 2.15 bits per heavy atom. The standard InChI is InChI=1S/C23H14F5N3O2/c24-17-6-3-13(7-18(17)25)22-14(10-29-15-8-19(26)21(28)20(27)9-15)11-31(30-22)16-4-1-12(2-5-16)23(32)33/h1-9,11,29H,10H2,(H,32,33). The van der Waals surface area contributed by atoms with Crippen molar-refractivity contribution in [3.8, 4) is 16.9 Å². The second-order valence-electron chi connectivity index (χ2n) is 7.04. The molecular weight excluding hydrogens is 445 g/mol. The number of halogens is 5. The van der Waals surface area contributed by atoms with E-state index in [2.05, 4.69) is 10.4 Å². The fraction of sp³-hybridized carbons (Fsp3) is 0.0435. The molecular formula is C23H14F5N3O2. The van der Waals surface area contributed by atoms with Crippen molar-refractivity contribution < 1.29 is 31.9 Å². The highest BCUT2D eigenvalue weighted by Gasteiger charge is 2.16. The molecule has 4 aromatic rings. The molecule has 4 rings (SSSR count). The molecule has 0 saturated carbocycles. The summed E-state index contributed by atoms with van der Waals surface area (Å²) in [6.45, 7) is -0.0496. The molecule has 0 spiro atoms. The first kappa shape index (κ1) is 22.0. The van der Waals surface area contributed by atoms with Gasteiger partial charge in [0, 0.05) is 41.7 Å². The minimum absolute atomic E-state index is 0.0406. The summed E-state index contributed by atoms with van der Waals surface area (Å²) in [5.74, 6) is -7.57. The van der Waals surface area contributed by atoms with E-state index in [1.807, 2.05) is 0 Å². The quantitative estimate of drug-likeness (QED) is 0.293. The number of carboxylic acids is 1. The van der Waals surface area contributed by atoms with Gasteiger partial charge in [0.2, 0.25) is 0 Å². The Hall–Kier alpha value is -4.21. The lowest BCUT2D eigenvalue weighted by Crippen LogP contribution is -2.02. The van der Waals surface area contributed by atoms with Crippen LogP contribution < -0.4 is 5.32 Å². The van der Waals surface area contributed by atoms with E-state index in [9.17, 15) is 26.7 Å². The molecule has 0 unspecified atom stereocenters. The van der Waals surface area contributed by atoms with Gasteiger partial charge >= 0.3 is 5.97 Å². The maximum atomic E-state index is 13.8. The largest absolute Gasteiger partial charge is 0.478 e. The average Bonchev–Trinajstić information content (AvgIpc) is 3.22. The zero-order valence-corrected chi connectivity index (χ0v) is 16.6. The van der Waals surface area contributed by atoms with Crippen molar-refractivity contribution >= 4 is 11.7 Å². The maximum absolute atomic E-state index is 13.8. The molecule has 0 amide bonds. The fourth-order valence-corrected chi connectivity index (χ4v) is 3.17. The van der Waals surface area contributed by atoms with E-state index in [1.54, 1.807) is 0 Å². The summed E-state index contributed by atoms with van der Waals surface area (Å²) >= 11 is 0. The van der Waals surface area contributed by atoms with Crippen molar-refractivity contribution in [1.29, 1.82) is 0 Å². The van der Waals surface area contributed by atoms with E-state index in [0.29, 0.717) is 11.3 Å². The lowest BCUT2D eigenvalue weighted by atomic mass is 10.1. The van der Waals surface area contributed by atoms with Crippen molar-refractivity contribution in [2.75, 3.05) is 5.32 Å². The molecule has 1 aromatic heterocycles. The van der Waals surface area contributed by atoms with Gasteiger partial charge in [-0.05, 0) is 42.5 Å². The third kappa shape index (κ3) is 4.54. The number of carboxylic acid groups (broad SMARTS) is 1. The van der Waals surface area contributed by atoms with Crippen LogP contribution in [0.15, 0.2) is 60.8 Å². The SMILES string of the molecule is O=C(O)c1ccc(-n2cc(CNc3cc(F)c(F)c(F)c3)c(-c3ccc(F)c(F)c3)n2)cc1. The zero-order chi connectivity index (χ0) is 23.7. The van der Waals surface area contributed by atoms with Crippen LogP contribution in [0.4, 0.5) is 27.6 Å². The van der Waals surface area contributed by atoms with Crippen molar-refractivity contribution in [2.24, 2.45) is 0 Å². The summed E-state index contributed by atoms with van der Waals surface area (Å²) in [7, 11) is 0. The molecule has 10 heteroatoms. The monoisotopic (exact) mass is 459 g/mol. The van der Waals surface area contributed by atoms with Gasteiger partial charge in [0.05, 0.1) is 16.9 Å². The maximum Gasteiger partial charge on any atom is 0.335 e. The van der Waals surface area contributed by atoms with Crippen LogP contribution in [0.25, 0.3) is 16.9 Å². The fourth-order valence-electron chi connectivity index (χ4n) is 3.17. The van der Waals surface area contributed by atoms with Gasteiger partial charge in [-0.1, -0.05) is 0 Å². The molecule has 0 radical (unpaired) electrons. The highest BCUT2D eigenvalue weighted by atomic mass is 19.2. The first-order chi connectivity index (χ1) is 15.7. The molecule has 2 N–H and O–H groups in total. The number of aromatic carboxylic acids is 1. The van der Waals surface area contributed by atoms with E-state index in [4.69, 9.17) is 5.11 Å². The number of nitrogens with one attached hydrogen (secondary N) is 1. The van der Waals surface area contributed by atoms with Crippen LogP contribution in [0.1, 0.15) is 15.9 Å². The van der Waals surface area contributed by atoms with Gasteiger partial charge < -0.3 is 10.4 Å². The Bertz CT molecular complexity index is 1330. The minimum atomic E-state index is -1.60. The van der Waals surface area contributed by atoms with Gasteiger partial charge in [-0.2, -0.15) is 5.10 Å². The molecule has 0 aliphatic carbocycles. The normalized spacial score (nSPS) is 10.9. The van der Waals surface area contributed by atoms with Crippen molar-refractivity contribution in [2.45, 2.75) is 6.54 Å². The molecule has 5 nitrogen and oxygen atoms in total. The predicted molar refractivity (Wildman–Crippen MR) is 110 cm³/mol. The predicted octanol–water partition coefficient (Wildman–Crippen LogP) is 5.55. The Morgan fingerprint density at radius 2 is 1.55 bits per heavy atom. The molecule has 33 heavy (non-hydrogen) atoms. The lowest BCUT2D eigenvalue weighted by Gasteiger charge is -2.08. The summed E-state index contributed by atoms with van der Waals surface area (Å²) in [5, 5.41) is 16.2. The Kier molecular flexibility index (Phi) is 5.82. The number of hydrogen-bond acceptors (Lipinski definition) is 3. The van der Waals surface area contributed by atoms with Gasteiger partial charge in [-0.3, -0.25) is 0 Å². The van der Waals surface area contributed by atoms with Crippen molar-refractivity contribution in [3.63, 3.8) is 0 Å². The van der Waals surface area contributed by atoms with Crippen molar-refractivity contribution in [1.82, 2.24) is 9.78 Å². The summed E-state index contributed by atoms with van der Waals surface area (Å²) in [4.78, 5) is 11.1. The Labute approximate surface area is 183 Å². The number of nitrogens with zero attached hydrogens (tertiary/aromatic N) is 2. The lowest BCUT2D eigenvalue weighted by molar-refractivity contribution is 0.0697. The van der Waals surface area contributed by atoms with Crippen molar-refractivity contribution in [3.05, 3.63) is 101 Å². The van der Waals surface area contributed by atoms with Crippen LogP contribution in [0.2, 0.25) is 0 Å². The van der Waals surface area contributed by atoms with Crippen LogP contribution >= 0.6 is 0 Å². The number of rotatable bonds is 6. The van der Waals surface area contributed by atoms with Gasteiger partial charge in [0.15, 0.2) is 29.1 Å². The Morgan fingerprint density at radius 1 is 0.879 bits per heavy atom. The molecule has 0 aliphatic rings. The van der Waals surface area contributed by atoms with Gasteiger partial charge in [-0.15, -0.1) is 0 Å². The number of anilines is 1. The third-order valence-corrected chi connectivity index (χ3v) is 4.83. The molecule has 0 atom stereocenters. The smallest absolute Gasteiger partial charge is 0.335 e. The molecule has 0 aliphatic heterocycles. The van der Waals surface area contributed by atoms with Crippen LogP contribution in [-0.4, -0.2) is 20.9 Å². The van der Waals surface area contributed by atoms with Crippen LogP contribution in [0, 0.1) is 29.1 Å². The molecule has 168 valence electrons. The van der Waals surface area contributed by atoms with Gasteiger partial charge in [0.25, 0.3) is 0 Å². The Balaban J connectivity index is 1.72. The number of benzene rings is 3. The van der Waals surface area contributed by atoms with E-state index in [-0.39, 0.29) is 29.1 Å².